The number of rotatable bonds is 3. The van der Waals surface area contributed by atoms with E-state index in [0.717, 1.165) is 42.0 Å². The standard InChI is InChI=1S/C18H23N5O/c1-4-14-6-5-13(11-19-14)18(24)23-9-7-15-16(8-10-23)20-12-21-17(15)22(2)3/h5-6,11-12H,4,7-10H2,1-3H3. The molecule has 0 saturated heterocycles. The van der Waals surface area contributed by atoms with Crippen LogP contribution in [-0.4, -0.2) is 52.9 Å². The number of anilines is 1. The number of aryl methyl sites for hydroxylation is 1. The summed E-state index contributed by atoms with van der Waals surface area (Å²) in [5.41, 5.74) is 3.85. The molecule has 1 aliphatic heterocycles. The summed E-state index contributed by atoms with van der Waals surface area (Å²) in [6.45, 7) is 3.40. The molecule has 0 N–H and O–H groups in total. The van der Waals surface area contributed by atoms with Crippen LogP contribution in [0.2, 0.25) is 0 Å². The summed E-state index contributed by atoms with van der Waals surface area (Å²) in [6, 6.07) is 3.80. The Balaban J connectivity index is 1.78. The van der Waals surface area contributed by atoms with Crippen LogP contribution in [0.25, 0.3) is 0 Å². The first-order chi connectivity index (χ1) is 11.6. The molecule has 126 valence electrons. The molecule has 3 rings (SSSR count). The molecule has 6 heteroatoms. The Bertz CT molecular complexity index is 727. The van der Waals surface area contributed by atoms with Crippen LogP contribution in [-0.2, 0) is 19.3 Å². The van der Waals surface area contributed by atoms with Crippen LogP contribution < -0.4 is 4.90 Å². The fourth-order valence-corrected chi connectivity index (χ4v) is 3.04. The van der Waals surface area contributed by atoms with E-state index in [-0.39, 0.29) is 5.91 Å². The summed E-state index contributed by atoms with van der Waals surface area (Å²) in [5.74, 6) is 0.987. The van der Waals surface area contributed by atoms with E-state index in [1.165, 1.54) is 0 Å². The van der Waals surface area contributed by atoms with Crippen molar-refractivity contribution in [1.82, 2.24) is 19.9 Å². The topological polar surface area (TPSA) is 62.2 Å². The average molecular weight is 325 g/mol. The molecule has 0 aliphatic carbocycles. The fourth-order valence-electron chi connectivity index (χ4n) is 3.04. The zero-order chi connectivity index (χ0) is 17.1. The van der Waals surface area contributed by atoms with Crippen LogP contribution in [0.4, 0.5) is 5.82 Å². The number of pyridine rings is 1. The lowest BCUT2D eigenvalue weighted by Gasteiger charge is -2.20. The molecule has 0 radical (unpaired) electrons. The van der Waals surface area contributed by atoms with Crippen molar-refractivity contribution in [2.75, 3.05) is 32.1 Å². The maximum absolute atomic E-state index is 12.8. The second-order valence-corrected chi connectivity index (χ2v) is 6.20. The van der Waals surface area contributed by atoms with Crippen molar-refractivity contribution in [2.45, 2.75) is 26.2 Å². The fraction of sp³-hybridized carbons (Fsp3) is 0.444. The molecule has 0 fully saturated rings. The van der Waals surface area contributed by atoms with Crippen LogP contribution in [0.15, 0.2) is 24.7 Å². The highest BCUT2D eigenvalue weighted by atomic mass is 16.2. The van der Waals surface area contributed by atoms with Gasteiger partial charge in [-0.1, -0.05) is 6.92 Å². The van der Waals surface area contributed by atoms with E-state index in [2.05, 4.69) is 21.9 Å². The van der Waals surface area contributed by atoms with Gasteiger partial charge in [0, 0.05) is 51.1 Å². The Kier molecular flexibility index (Phi) is 4.74. The summed E-state index contributed by atoms with van der Waals surface area (Å²) in [4.78, 5) is 29.8. The lowest BCUT2D eigenvalue weighted by atomic mass is 10.1. The predicted octanol–water partition coefficient (Wildman–Crippen LogP) is 1.74. The Labute approximate surface area is 142 Å². The smallest absolute Gasteiger partial charge is 0.255 e. The molecular formula is C18H23N5O. The van der Waals surface area contributed by atoms with Gasteiger partial charge in [0.05, 0.1) is 11.3 Å². The molecular weight excluding hydrogens is 302 g/mol. The minimum absolute atomic E-state index is 0.0392. The largest absolute Gasteiger partial charge is 0.362 e. The Morgan fingerprint density at radius 1 is 1.17 bits per heavy atom. The summed E-state index contributed by atoms with van der Waals surface area (Å²) in [7, 11) is 3.97. The monoisotopic (exact) mass is 325 g/mol. The number of carbonyl (C=O) groups is 1. The third kappa shape index (κ3) is 3.22. The maximum Gasteiger partial charge on any atom is 0.255 e. The number of amides is 1. The summed E-state index contributed by atoms with van der Waals surface area (Å²) >= 11 is 0. The highest BCUT2D eigenvalue weighted by Crippen LogP contribution is 2.22. The molecule has 2 aromatic rings. The summed E-state index contributed by atoms with van der Waals surface area (Å²) in [5, 5.41) is 0. The van der Waals surface area contributed by atoms with Crippen molar-refractivity contribution in [3.05, 3.63) is 47.2 Å². The van der Waals surface area contributed by atoms with Crippen LogP contribution in [0.5, 0.6) is 0 Å². The molecule has 0 bridgehead atoms. The van der Waals surface area contributed by atoms with Gasteiger partial charge in [0.1, 0.15) is 12.1 Å². The molecule has 1 aliphatic rings. The third-order valence-corrected chi connectivity index (χ3v) is 4.41. The zero-order valence-electron chi connectivity index (χ0n) is 14.5. The first kappa shape index (κ1) is 16.4. The predicted molar refractivity (Wildman–Crippen MR) is 93.3 cm³/mol. The van der Waals surface area contributed by atoms with Crippen molar-refractivity contribution >= 4 is 11.7 Å². The van der Waals surface area contributed by atoms with Gasteiger partial charge in [-0.25, -0.2) is 9.97 Å². The van der Waals surface area contributed by atoms with Crippen molar-refractivity contribution < 1.29 is 4.79 Å². The summed E-state index contributed by atoms with van der Waals surface area (Å²) < 4.78 is 0. The number of nitrogens with zero attached hydrogens (tertiary/aromatic N) is 5. The first-order valence-electron chi connectivity index (χ1n) is 8.34. The second-order valence-electron chi connectivity index (χ2n) is 6.20. The van der Waals surface area contributed by atoms with Gasteiger partial charge < -0.3 is 9.80 Å². The molecule has 2 aromatic heterocycles. The molecule has 1 amide bonds. The lowest BCUT2D eigenvalue weighted by Crippen LogP contribution is -2.33. The first-order valence-corrected chi connectivity index (χ1v) is 8.34. The van der Waals surface area contributed by atoms with Gasteiger partial charge in [0.25, 0.3) is 5.91 Å². The van der Waals surface area contributed by atoms with E-state index >= 15 is 0 Å². The van der Waals surface area contributed by atoms with E-state index < -0.39 is 0 Å². The molecule has 3 heterocycles. The van der Waals surface area contributed by atoms with E-state index in [9.17, 15) is 4.79 Å². The third-order valence-electron chi connectivity index (χ3n) is 4.41. The van der Waals surface area contributed by atoms with E-state index in [0.29, 0.717) is 18.7 Å². The Morgan fingerprint density at radius 2 is 1.96 bits per heavy atom. The second kappa shape index (κ2) is 6.95. The highest BCUT2D eigenvalue weighted by Gasteiger charge is 2.23. The lowest BCUT2D eigenvalue weighted by molar-refractivity contribution is 0.0762. The van der Waals surface area contributed by atoms with Gasteiger partial charge in [-0.2, -0.15) is 0 Å². The van der Waals surface area contributed by atoms with Crippen LogP contribution in [0.3, 0.4) is 0 Å². The van der Waals surface area contributed by atoms with Crippen molar-refractivity contribution in [3.8, 4) is 0 Å². The SMILES string of the molecule is CCc1ccc(C(=O)N2CCc3ncnc(N(C)C)c3CC2)cn1. The van der Waals surface area contributed by atoms with Crippen molar-refractivity contribution in [3.63, 3.8) is 0 Å². The zero-order valence-corrected chi connectivity index (χ0v) is 14.5. The van der Waals surface area contributed by atoms with E-state index in [4.69, 9.17) is 0 Å². The minimum Gasteiger partial charge on any atom is -0.362 e. The van der Waals surface area contributed by atoms with Crippen molar-refractivity contribution in [2.24, 2.45) is 0 Å². The Morgan fingerprint density at radius 3 is 2.62 bits per heavy atom. The summed E-state index contributed by atoms with van der Waals surface area (Å²) in [6.07, 6.45) is 5.70. The van der Waals surface area contributed by atoms with Gasteiger partial charge in [0.15, 0.2) is 0 Å². The molecule has 0 unspecified atom stereocenters. The molecule has 6 nitrogen and oxygen atoms in total. The normalized spacial score (nSPS) is 14.0. The molecule has 24 heavy (non-hydrogen) atoms. The van der Waals surface area contributed by atoms with Crippen LogP contribution in [0.1, 0.15) is 34.2 Å². The maximum atomic E-state index is 12.8. The van der Waals surface area contributed by atoms with Crippen LogP contribution >= 0.6 is 0 Å². The number of aromatic nitrogens is 3. The quantitative estimate of drug-likeness (QED) is 0.860. The number of hydrogen-bond acceptors (Lipinski definition) is 5. The van der Waals surface area contributed by atoms with Gasteiger partial charge in [-0.15, -0.1) is 0 Å². The number of carbonyl (C=O) groups excluding carboxylic acids is 1. The average Bonchev–Trinajstić information content (AvgIpc) is 2.83. The minimum atomic E-state index is 0.0392. The molecule has 0 aromatic carbocycles. The van der Waals surface area contributed by atoms with Gasteiger partial charge in [0.2, 0.25) is 0 Å². The number of hydrogen-bond donors (Lipinski definition) is 0. The highest BCUT2D eigenvalue weighted by molar-refractivity contribution is 5.94. The van der Waals surface area contributed by atoms with Crippen molar-refractivity contribution in [1.29, 1.82) is 0 Å². The molecule has 0 atom stereocenters. The molecule has 0 saturated carbocycles. The van der Waals surface area contributed by atoms with Gasteiger partial charge in [-0.3, -0.25) is 9.78 Å². The molecule has 0 spiro atoms. The Hall–Kier alpha value is -2.50. The van der Waals surface area contributed by atoms with E-state index in [1.54, 1.807) is 12.5 Å². The number of fused-ring (bicyclic) bond motifs is 1. The van der Waals surface area contributed by atoms with Crippen LogP contribution in [0, 0.1) is 0 Å². The van der Waals surface area contributed by atoms with E-state index in [1.807, 2.05) is 36.0 Å². The van der Waals surface area contributed by atoms with Gasteiger partial charge >= 0.3 is 0 Å². The van der Waals surface area contributed by atoms with Gasteiger partial charge in [-0.05, 0) is 25.0 Å².